The van der Waals surface area contributed by atoms with Gasteiger partial charge in [0, 0.05) is 12.7 Å². The molecule has 0 bridgehead atoms. The minimum absolute atomic E-state index is 0.118. The number of aromatic carboxylic acids is 1. The summed E-state index contributed by atoms with van der Waals surface area (Å²) in [5.41, 5.74) is 5.81. The molecule has 0 radical (unpaired) electrons. The van der Waals surface area contributed by atoms with Crippen LogP contribution in [-0.4, -0.2) is 28.5 Å². The lowest BCUT2D eigenvalue weighted by molar-refractivity contribution is -0.131. The van der Waals surface area contributed by atoms with Crippen LogP contribution < -0.4 is 11.1 Å². The molecular formula is C14H21N3O3. The highest BCUT2D eigenvalue weighted by atomic mass is 16.4. The smallest absolute Gasteiger partial charge is 0.335 e. The van der Waals surface area contributed by atoms with E-state index >= 15 is 0 Å². The first kappa shape index (κ1) is 16.1. The Hall–Kier alpha value is -1.95. The number of carbonyl (C=O) groups is 2. The summed E-state index contributed by atoms with van der Waals surface area (Å²) in [4.78, 5) is 27.1. The molecule has 0 saturated heterocycles. The Morgan fingerprint density at radius 3 is 2.55 bits per heavy atom. The van der Waals surface area contributed by atoms with Gasteiger partial charge in [-0.2, -0.15) is 0 Å². The summed E-state index contributed by atoms with van der Waals surface area (Å²) in [6.45, 7) is 4.34. The van der Waals surface area contributed by atoms with Crippen LogP contribution in [-0.2, 0) is 11.3 Å². The van der Waals surface area contributed by atoms with E-state index in [-0.39, 0.29) is 24.6 Å². The van der Waals surface area contributed by atoms with E-state index in [1.54, 1.807) is 0 Å². The minimum Gasteiger partial charge on any atom is -0.478 e. The van der Waals surface area contributed by atoms with Crippen LogP contribution in [0.4, 0.5) is 0 Å². The standard InChI is InChI=1S/C14H21N3O3/c1-3-14(4-2,9-15)13(20)17-8-11-7-10(12(18)19)5-6-16-11/h5-7H,3-4,8-9,15H2,1-2H3,(H,17,20)(H,18,19). The SMILES string of the molecule is CCC(CC)(CN)C(=O)NCc1cc(C(=O)O)ccn1. The Morgan fingerprint density at radius 2 is 2.05 bits per heavy atom. The fourth-order valence-electron chi connectivity index (χ4n) is 2.02. The fraction of sp³-hybridized carbons (Fsp3) is 0.500. The van der Waals surface area contributed by atoms with Gasteiger partial charge in [-0.15, -0.1) is 0 Å². The number of pyridine rings is 1. The van der Waals surface area contributed by atoms with Crippen molar-refractivity contribution in [2.75, 3.05) is 6.54 Å². The molecule has 0 saturated carbocycles. The van der Waals surface area contributed by atoms with Gasteiger partial charge in [-0.1, -0.05) is 13.8 Å². The average molecular weight is 279 g/mol. The molecular weight excluding hydrogens is 258 g/mol. The zero-order valence-corrected chi connectivity index (χ0v) is 11.8. The molecule has 6 heteroatoms. The lowest BCUT2D eigenvalue weighted by Gasteiger charge is -2.28. The Morgan fingerprint density at radius 1 is 1.40 bits per heavy atom. The van der Waals surface area contributed by atoms with Gasteiger partial charge in [0.1, 0.15) is 0 Å². The van der Waals surface area contributed by atoms with Gasteiger partial charge in [-0.05, 0) is 25.0 Å². The van der Waals surface area contributed by atoms with Crippen LogP contribution in [0.2, 0.25) is 0 Å². The summed E-state index contributed by atoms with van der Waals surface area (Å²) in [6.07, 6.45) is 2.74. The quantitative estimate of drug-likeness (QED) is 0.694. The lowest BCUT2D eigenvalue weighted by Crippen LogP contribution is -2.45. The molecule has 0 aliphatic heterocycles. The molecule has 0 unspecified atom stereocenters. The number of aromatic nitrogens is 1. The van der Waals surface area contributed by atoms with Crippen molar-refractivity contribution in [3.63, 3.8) is 0 Å². The van der Waals surface area contributed by atoms with E-state index in [1.165, 1.54) is 18.3 Å². The molecule has 20 heavy (non-hydrogen) atoms. The molecule has 0 aromatic carbocycles. The molecule has 0 aliphatic rings. The van der Waals surface area contributed by atoms with Crippen molar-refractivity contribution in [1.82, 2.24) is 10.3 Å². The highest BCUT2D eigenvalue weighted by Crippen LogP contribution is 2.25. The zero-order chi connectivity index (χ0) is 15.2. The maximum Gasteiger partial charge on any atom is 0.335 e. The third-order valence-electron chi connectivity index (χ3n) is 3.72. The summed E-state index contributed by atoms with van der Waals surface area (Å²) in [5, 5.41) is 11.7. The number of nitrogens with two attached hydrogens (primary N) is 1. The van der Waals surface area contributed by atoms with E-state index in [4.69, 9.17) is 10.8 Å². The third-order valence-corrected chi connectivity index (χ3v) is 3.72. The predicted octanol–water partition coefficient (Wildman–Crippen LogP) is 1.16. The number of rotatable bonds is 7. The van der Waals surface area contributed by atoms with Gasteiger partial charge in [0.05, 0.1) is 23.2 Å². The van der Waals surface area contributed by atoms with Crippen LogP contribution in [0.3, 0.4) is 0 Å². The Labute approximate surface area is 118 Å². The van der Waals surface area contributed by atoms with E-state index in [0.29, 0.717) is 18.5 Å². The number of nitrogens with one attached hydrogen (secondary N) is 1. The van der Waals surface area contributed by atoms with Gasteiger partial charge >= 0.3 is 5.97 Å². The summed E-state index contributed by atoms with van der Waals surface area (Å²) >= 11 is 0. The average Bonchev–Trinajstić information content (AvgIpc) is 2.47. The van der Waals surface area contributed by atoms with Gasteiger partial charge < -0.3 is 16.2 Å². The van der Waals surface area contributed by atoms with Crippen molar-refractivity contribution >= 4 is 11.9 Å². The second-order valence-electron chi connectivity index (χ2n) is 4.72. The van der Waals surface area contributed by atoms with E-state index in [1.807, 2.05) is 13.8 Å². The number of hydrogen-bond donors (Lipinski definition) is 3. The molecule has 0 fully saturated rings. The summed E-state index contributed by atoms with van der Waals surface area (Å²) in [7, 11) is 0. The highest BCUT2D eigenvalue weighted by molar-refractivity contribution is 5.87. The van der Waals surface area contributed by atoms with E-state index in [0.717, 1.165) is 0 Å². The summed E-state index contributed by atoms with van der Waals surface area (Å²) in [5.74, 6) is -1.13. The molecule has 4 N–H and O–H groups in total. The molecule has 1 rings (SSSR count). The largest absolute Gasteiger partial charge is 0.478 e. The molecule has 1 heterocycles. The van der Waals surface area contributed by atoms with Crippen LogP contribution >= 0.6 is 0 Å². The predicted molar refractivity (Wildman–Crippen MR) is 75.1 cm³/mol. The Kier molecular flexibility index (Phi) is 5.64. The lowest BCUT2D eigenvalue weighted by atomic mass is 9.81. The third kappa shape index (κ3) is 3.54. The molecule has 1 aromatic rings. The van der Waals surface area contributed by atoms with Crippen LogP contribution in [0.5, 0.6) is 0 Å². The Balaban J connectivity index is 2.74. The first-order valence-electron chi connectivity index (χ1n) is 6.65. The van der Waals surface area contributed by atoms with Gasteiger partial charge in [-0.25, -0.2) is 4.79 Å². The number of nitrogens with zero attached hydrogens (tertiary/aromatic N) is 1. The van der Waals surface area contributed by atoms with E-state index in [2.05, 4.69) is 10.3 Å². The van der Waals surface area contributed by atoms with Crippen molar-refractivity contribution in [3.05, 3.63) is 29.6 Å². The van der Waals surface area contributed by atoms with Gasteiger partial charge in [0.15, 0.2) is 0 Å². The fourth-order valence-corrected chi connectivity index (χ4v) is 2.02. The molecule has 6 nitrogen and oxygen atoms in total. The molecule has 0 atom stereocenters. The minimum atomic E-state index is -1.02. The molecule has 1 aromatic heterocycles. The van der Waals surface area contributed by atoms with Gasteiger partial charge in [-0.3, -0.25) is 9.78 Å². The monoisotopic (exact) mass is 279 g/mol. The second-order valence-corrected chi connectivity index (χ2v) is 4.72. The number of carbonyl (C=O) groups excluding carboxylic acids is 1. The van der Waals surface area contributed by atoms with Crippen molar-refractivity contribution in [3.8, 4) is 0 Å². The molecule has 110 valence electrons. The van der Waals surface area contributed by atoms with Gasteiger partial charge in [0.25, 0.3) is 0 Å². The maximum atomic E-state index is 12.2. The van der Waals surface area contributed by atoms with Crippen LogP contribution in [0.1, 0.15) is 42.7 Å². The topological polar surface area (TPSA) is 105 Å². The second kappa shape index (κ2) is 7.00. The van der Waals surface area contributed by atoms with Crippen molar-refractivity contribution in [2.24, 2.45) is 11.1 Å². The number of hydrogen-bond acceptors (Lipinski definition) is 4. The number of carboxylic acid groups (broad SMARTS) is 1. The van der Waals surface area contributed by atoms with Crippen LogP contribution in [0.15, 0.2) is 18.3 Å². The molecule has 0 aliphatic carbocycles. The van der Waals surface area contributed by atoms with E-state index < -0.39 is 11.4 Å². The first-order valence-corrected chi connectivity index (χ1v) is 6.65. The van der Waals surface area contributed by atoms with E-state index in [9.17, 15) is 9.59 Å². The summed E-state index contributed by atoms with van der Waals surface area (Å²) in [6, 6.07) is 2.86. The Bertz CT molecular complexity index is 476. The van der Waals surface area contributed by atoms with Gasteiger partial charge in [0.2, 0.25) is 5.91 Å². The highest BCUT2D eigenvalue weighted by Gasteiger charge is 2.32. The summed E-state index contributed by atoms with van der Waals surface area (Å²) < 4.78 is 0. The number of carboxylic acids is 1. The normalized spacial score (nSPS) is 11.2. The van der Waals surface area contributed by atoms with Crippen LogP contribution in [0, 0.1) is 5.41 Å². The number of amides is 1. The van der Waals surface area contributed by atoms with Crippen molar-refractivity contribution in [1.29, 1.82) is 0 Å². The molecule has 0 spiro atoms. The zero-order valence-electron chi connectivity index (χ0n) is 11.8. The van der Waals surface area contributed by atoms with Crippen molar-refractivity contribution in [2.45, 2.75) is 33.2 Å². The maximum absolute atomic E-state index is 12.2. The van der Waals surface area contributed by atoms with Crippen molar-refractivity contribution < 1.29 is 14.7 Å². The molecule has 1 amide bonds. The van der Waals surface area contributed by atoms with Crippen LogP contribution in [0.25, 0.3) is 0 Å². The first-order chi connectivity index (χ1) is 9.49.